The molecule has 0 saturated carbocycles. The molecule has 9 heteroatoms. The lowest BCUT2D eigenvalue weighted by atomic mass is 10.0. The largest absolute Gasteiger partial charge is 0.461 e. The number of hydrogen-bond acceptors (Lipinski definition) is 2. The monoisotopic (exact) mass is 546 g/mol. The number of rotatable bonds is 6. The minimum Gasteiger partial charge on any atom is -0.461 e. The molecule has 0 unspecified atom stereocenters. The number of esters is 1. The van der Waals surface area contributed by atoms with Gasteiger partial charge in [-0.15, -0.1) is 9.13 Å². The van der Waals surface area contributed by atoms with Gasteiger partial charge >= 0.3 is 12.6 Å². The molecule has 3 heterocycles. The van der Waals surface area contributed by atoms with Crippen molar-refractivity contribution in [1.29, 1.82) is 0 Å². The van der Waals surface area contributed by atoms with Gasteiger partial charge in [0.25, 0.3) is 5.69 Å². The number of hydrogen-bond donors (Lipinski definition) is 0. The molecule has 0 bridgehead atoms. The molecular formula is C31H24F4N3O2+3. The fourth-order valence-electron chi connectivity index (χ4n) is 4.77. The summed E-state index contributed by atoms with van der Waals surface area (Å²) in [6.45, 7) is 1.72. The molecule has 0 amide bonds. The molecule has 5 rings (SSSR count). The second kappa shape index (κ2) is 11.1. The molecule has 5 aromatic rings. The van der Waals surface area contributed by atoms with Crippen molar-refractivity contribution in [1.82, 2.24) is 0 Å². The van der Waals surface area contributed by atoms with Crippen molar-refractivity contribution >= 4 is 5.97 Å². The van der Waals surface area contributed by atoms with Crippen LogP contribution in [0.2, 0.25) is 0 Å². The van der Waals surface area contributed by atoms with Crippen LogP contribution in [-0.2, 0) is 11.4 Å². The van der Waals surface area contributed by atoms with E-state index in [1.165, 1.54) is 30.0 Å². The van der Waals surface area contributed by atoms with Crippen molar-refractivity contribution in [2.75, 3.05) is 7.11 Å². The SMILES string of the molecule is COC(=O)c1cccc[n+]1-c1cc(F)cc(F)c1-c1cccc[n+]1C[n+]1ccccc1-c1c(C)cc(F)cc1F. The van der Waals surface area contributed by atoms with Gasteiger partial charge in [0.2, 0.25) is 17.1 Å². The van der Waals surface area contributed by atoms with Crippen LogP contribution >= 0.6 is 0 Å². The number of halogens is 4. The maximum Gasteiger partial charge on any atom is 0.403 e. The number of carbonyl (C=O) groups is 1. The van der Waals surface area contributed by atoms with Crippen molar-refractivity contribution in [2.24, 2.45) is 0 Å². The van der Waals surface area contributed by atoms with E-state index in [-0.39, 0.29) is 29.2 Å². The van der Waals surface area contributed by atoms with E-state index in [2.05, 4.69) is 0 Å². The molecule has 0 aliphatic heterocycles. The lowest BCUT2D eigenvalue weighted by molar-refractivity contribution is -0.903. The van der Waals surface area contributed by atoms with Crippen molar-refractivity contribution in [3.05, 3.63) is 132 Å². The molecule has 0 fully saturated rings. The topological polar surface area (TPSA) is 37.9 Å². The third-order valence-electron chi connectivity index (χ3n) is 6.50. The average molecular weight is 547 g/mol. The highest BCUT2D eigenvalue weighted by Gasteiger charge is 2.32. The fraction of sp³-hybridized carbons (Fsp3) is 0.0968. The van der Waals surface area contributed by atoms with Gasteiger partial charge in [-0.25, -0.2) is 22.4 Å². The van der Waals surface area contributed by atoms with Gasteiger partial charge < -0.3 is 4.74 Å². The van der Waals surface area contributed by atoms with E-state index < -0.39 is 29.2 Å². The quantitative estimate of drug-likeness (QED) is 0.170. The summed E-state index contributed by atoms with van der Waals surface area (Å²) < 4.78 is 68.6. The highest BCUT2D eigenvalue weighted by atomic mass is 19.1. The number of aromatic nitrogens is 3. The number of pyridine rings is 3. The zero-order valence-electron chi connectivity index (χ0n) is 21.6. The predicted molar refractivity (Wildman–Crippen MR) is 137 cm³/mol. The van der Waals surface area contributed by atoms with Crippen LogP contribution in [0.5, 0.6) is 0 Å². The van der Waals surface area contributed by atoms with E-state index in [9.17, 15) is 18.0 Å². The van der Waals surface area contributed by atoms with Gasteiger partial charge in [-0.3, -0.25) is 0 Å². The normalized spacial score (nSPS) is 10.9. The first-order chi connectivity index (χ1) is 19.3. The predicted octanol–water partition coefficient (Wildman–Crippen LogP) is 5.03. The highest BCUT2D eigenvalue weighted by Crippen LogP contribution is 2.27. The minimum absolute atomic E-state index is 0.0329. The Balaban J connectivity index is 1.69. The van der Waals surface area contributed by atoms with Crippen LogP contribution in [0, 0.1) is 30.2 Å². The summed E-state index contributed by atoms with van der Waals surface area (Å²) >= 11 is 0. The molecule has 0 aliphatic rings. The molecule has 0 N–H and O–H groups in total. The maximum absolute atomic E-state index is 15.6. The van der Waals surface area contributed by atoms with Gasteiger partial charge in [-0.1, -0.05) is 0 Å². The Kier molecular flexibility index (Phi) is 7.37. The third-order valence-corrected chi connectivity index (χ3v) is 6.50. The highest BCUT2D eigenvalue weighted by molar-refractivity contribution is 5.85. The summed E-state index contributed by atoms with van der Waals surface area (Å²) in [6, 6.07) is 19.0. The summed E-state index contributed by atoms with van der Waals surface area (Å²) in [5.41, 5.74) is 1.67. The van der Waals surface area contributed by atoms with Crippen LogP contribution in [0.3, 0.4) is 0 Å². The molecule has 40 heavy (non-hydrogen) atoms. The standard InChI is InChI=1S/C31H24F4N3O2/c1-20-15-21(32)16-23(34)29(20)25-9-3-6-12-36(25)19-37-13-7-4-10-26(37)30-24(35)17-22(33)18-28(30)38-14-8-5-11-27(38)31(39)40-2/h3-18H,19H2,1-2H3/q+3. The Morgan fingerprint density at radius 2 is 1.27 bits per heavy atom. The van der Waals surface area contributed by atoms with E-state index in [4.69, 9.17) is 4.74 Å². The van der Waals surface area contributed by atoms with Crippen molar-refractivity contribution in [2.45, 2.75) is 13.6 Å². The second-order valence-corrected chi connectivity index (χ2v) is 9.06. The molecule has 0 spiro atoms. The van der Waals surface area contributed by atoms with E-state index in [1.807, 2.05) is 0 Å². The third kappa shape index (κ3) is 5.05. The van der Waals surface area contributed by atoms with Crippen LogP contribution in [-0.4, -0.2) is 13.1 Å². The smallest absolute Gasteiger partial charge is 0.403 e. The Bertz CT molecular complexity index is 1730. The molecule has 0 radical (unpaired) electrons. The van der Waals surface area contributed by atoms with Gasteiger partial charge in [0.05, 0.1) is 12.7 Å². The van der Waals surface area contributed by atoms with Crippen LogP contribution in [0.1, 0.15) is 16.1 Å². The summed E-state index contributed by atoms with van der Waals surface area (Å²) in [5.74, 6) is -3.74. The number of nitrogens with zero attached hydrogens (tertiary/aromatic N) is 3. The molecule has 200 valence electrons. The number of carbonyl (C=O) groups excluding carboxylic acids is 1. The zero-order chi connectivity index (χ0) is 28.4. The average Bonchev–Trinajstić information content (AvgIpc) is 2.93. The van der Waals surface area contributed by atoms with E-state index in [1.54, 1.807) is 77.0 Å². The van der Waals surface area contributed by atoms with Gasteiger partial charge in [0.15, 0.2) is 24.2 Å². The molecule has 0 saturated heterocycles. The van der Waals surface area contributed by atoms with Gasteiger partial charge in [0.1, 0.15) is 23.3 Å². The second-order valence-electron chi connectivity index (χ2n) is 9.06. The zero-order valence-corrected chi connectivity index (χ0v) is 21.6. The number of ether oxygens (including phenoxy) is 1. The summed E-state index contributed by atoms with van der Waals surface area (Å²) in [6.07, 6.45) is 4.95. The molecule has 0 aliphatic carbocycles. The summed E-state index contributed by atoms with van der Waals surface area (Å²) in [7, 11) is 1.22. The fourth-order valence-corrected chi connectivity index (χ4v) is 4.77. The number of benzene rings is 2. The van der Waals surface area contributed by atoms with Gasteiger partial charge in [-0.2, -0.15) is 4.57 Å². The first kappa shape index (κ1) is 26.7. The van der Waals surface area contributed by atoms with Crippen LogP contribution in [0.15, 0.2) is 97.5 Å². The Morgan fingerprint density at radius 3 is 1.90 bits per heavy atom. The van der Waals surface area contributed by atoms with Gasteiger partial charge in [0, 0.05) is 54.6 Å². The molecule has 5 nitrogen and oxygen atoms in total. The van der Waals surface area contributed by atoms with Crippen molar-refractivity contribution < 1.29 is 40.8 Å². The lowest BCUT2D eigenvalue weighted by Gasteiger charge is -2.10. The lowest BCUT2D eigenvalue weighted by Crippen LogP contribution is -2.53. The first-order valence-electron chi connectivity index (χ1n) is 12.3. The Hall–Kier alpha value is -4.92. The van der Waals surface area contributed by atoms with Gasteiger partial charge in [-0.05, 0) is 36.8 Å². The van der Waals surface area contributed by atoms with Crippen LogP contribution < -0.4 is 13.7 Å². The van der Waals surface area contributed by atoms with Crippen molar-refractivity contribution in [3.63, 3.8) is 0 Å². The molecule has 2 aromatic carbocycles. The van der Waals surface area contributed by atoms with E-state index in [0.717, 1.165) is 18.2 Å². The molecular weight excluding hydrogens is 522 g/mol. The van der Waals surface area contributed by atoms with Crippen LogP contribution in [0.25, 0.3) is 28.2 Å². The number of methoxy groups -OCH3 is 1. The Morgan fingerprint density at radius 1 is 0.725 bits per heavy atom. The minimum atomic E-state index is -0.846. The number of aryl methyl sites for hydroxylation is 1. The van der Waals surface area contributed by atoms with Crippen LogP contribution in [0.4, 0.5) is 17.6 Å². The van der Waals surface area contributed by atoms with E-state index >= 15 is 4.39 Å². The Labute approximate surface area is 227 Å². The first-order valence-corrected chi connectivity index (χ1v) is 12.3. The maximum atomic E-state index is 15.6. The van der Waals surface area contributed by atoms with Crippen molar-refractivity contribution in [3.8, 4) is 28.2 Å². The summed E-state index contributed by atoms with van der Waals surface area (Å²) in [5, 5.41) is 0. The molecule has 0 atom stereocenters. The molecule has 3 aromatic heterocycles. The van der Waals surface area contributed by atoms with E-state index in [0.29, 0.717) is 17.0 Å². The summed E-state index contributed by atoms with van der Waals surface area (Å²) in [4.78, 5) is 12.5.